The van der Waals surface area contributed by atoms with E-state index in [0.717, 1.165) is 48.1 Å². The van der Waals surface area contributed by atoms with Gasteiger partial charge in [-0.2, -0.15) is 0 Å². The predicted octanol–water partition coefficient (Wildman–Crippen LogP) is 2.99. The number of likely N-dealkylation sites (tertiary alicyclic amines) is 1. The van der Waals surface area contributed by atoms with Crippen LogP contribution in [-0.4, -0.2) is 49.8 Å². The smallest absolute Gasteiger partial charge is 0.239 e. The van der Waals surface area contributed by atoms with Gasteiger partial charge in [0.05, 0.1) is 9.73 Å². The van der Waals surface area contributed by atoms with E-state index in [4.69, 9.17) is 4.78 Å². The van der Waals surface area contributed by atoms with E-state index in [1.165, 1.54) is 0 Å². The van der Waals surface area contributed by atoms with Crippen molar-refractivity contribution in [3.05, 3.63) is 11.1 Å². The van der Waals surface area contributed by atoms with Crippen LogP contribution in [-0.2, 0) is 14.5 Å². The molecular weight excluding hydrogens is 350 g/mol. The molecule has 128 valence electrons. The molecule has 1 aromatic rings. The zero-order valence-electron chi connectivity index (χ0n) is 13.3. The summed E-state index contributed by atoms with van der Waals surface area (Å²) in [6, 6.07) is 0. The van der Waals surface area contributed by atoms with Gasteiger partial charge in [0, 0.05) is 35.7 Å². The topological polar surface area (TPSA) is 74.1 Å². The zero-order valence-corrected chi connectivity index (χ0v) is 15.8. The molecule has 0 spiro atoms. The van der Waals surface area contributed by atoms with Crippen molar-refractivity contribution < 1.29 is 9.00 Å². The van der Waals surface area contributed by atoms with Crippen LogP contribution in [0.15, 0.2) is 9.72 Å². The van der Waals surface area contributed by atoms with E-state index < -0.39 is 15.0 Å². The Morgan fingerprint density at radius 1 is 1.48 bits per heavy atom. The number of carbonyl (C=O) groups excluding carboxylic acids is 1. The maximum atomic E-state index is 12.5. The number of thiazole rings is 1. The van der Waals surface area contributed by atoms with Crippen LogP contribution in [0.5, 0.6) is 0 Å². The third kappa shape index (κ3) is 4.09. The quantitative estimate of drug-likeness (QED) is 0.824. The lowest BCUT2D eigenvalue weighted by molar-refractivity contribution is -0.132. The second-order valence-corrected chi connectivity index (χ2v) is 11.0. The summed E-state index contributed by atoms with van der Waals surface area (Å²) in [7, 11) is -2.70. The van der Waals surface area contributed by atoms with E-state index in [0.29, 0.717) is 18.1 Å². The Kier molecular flexibility index (Phi) is 5.32. The first kappa shape index (κ1) is 17.2. The number of aryl methyl sites for hydroxylation is 1. The van der Waals surface area contributed by atoms with E-state index in [9.17, 15) is 9.00 Å². The molecule has 1 amide bonds. The minimum Gasteiger partial charge on any atom is -0.342 e. The lowest BCUT2D eigenvalue weighted by atomic mass is 9.98. The molecule has 2 saturated heterocycles. The highest BCUT2D eigenvalue weighted by molar-refractivity contribution is 8.01. The Bertz CT molecular complexity index is 663. The number of rotatable bonds is 4. The SMILES string of the molecule is Cc1csc(SCC2CCN(C(=O)C3CCCS3(=N)=O)CC2)n1. The minimum atomic E-state index is -2.70. The molecule has 2 aliphatic rings. The predicted molar refractivity (Wildman–Crippen MR) is 95.6 cm³/mol. The average Bonchev–Trinajstić information content (AvgIpc) is 3.10. The molecule has 0 saturated carbocycles. The highest BCUT2D eigenvalue weighted by Gasteiger charge is 2.37. The first-order valence-corrected chi connectivity index (χ1v) is 11.7. The van der Waals surface area contributed by atoms with Gasteiger partial charge in [-0.25, -0.2) is 9.19 Å². The number of piperidine rings is 1. The molecular formula is C15H23N3O2S3. The van der Waals surface area contributed by atoms with Crippen molar-refractivity contribution in [2.45, 2.75) is 42.2 Å². The van der Waals surface area contributed by atoms with Gasteiger partial charge in [-0.3, -0.25) is 9.57 Å². The van der Waals surface area contributed by atoms with Crippen molar-refractivity contribution >= 4 is 38.7 Å². The number of thioether (sulfide) groups is 1. The van der Waals surface area contributed by atoms with Crippen molar-refractivity contribution in [3.8, 4) is 0 Å². The van der Waals surface area contributed by atoms with Crippen molar-refractivity contribution in [2.75, 3.05) is 24.6 Å². The number of carbonyl (C=O) groups is 1. The van der Waals surface area contributed by atoms with Crippen LogP contribution >= 0.6 is 23.1 Å². The van der Waals surface area contributed by atoms with E-state index in [2.05, 4.69) is 10.4 Å². The fourth-order valence-electron chi connectivity index (χ4n) is 3.21. The summed E-state index contributed by atoms with van der Waals surface area (Å²) in [5.41, 5.74) is 1.08. The van der Waals surface area contributed by atoms with Crippen LogP contribution in [0.1, 0.15) is 31.4 Å². The van der Waals surface area contributed by atoms with E-state index in [-0.39, 0.29) is 5.91 Å². The largest absolute Gasteiger partial charge is 0.342 e. The number of nitrogens with zero attached hydrogens (tertiary/aromatic N) is 2. The summed E-state index contributed by atoms with van der Waals surface area (Å²) in [5, 5.41) is 1.52. The molecule has 2 fully saturated rings. The second kappa shape index (κ2) is 7.11. The minimum absolute atomic E-state index is 0.0378. The standard InChI is InChI=1S/C15H23N3O2S3/c1-11-9-21-15(17-11)22-10-12-4-6-18(7-5-12)14(19)13-3-2-8-23(13,16)20/h9,12-13,16H,2-8,10H2,1H3. The number of nitrogens with one attached hydrogen (secondary N) is 1. The van der Waals surface area contributed by atoms with Gasteiger partial charge in [-0.05, 0) is 38.5 Å². The molecule has 0 radical (unpaired) electrons. The Balaban J connectivity index is 1.47. The zero-order chi connectivity index (χ0) is 16.4. The fraction of sp³-hybridized carbons (Fsp3) is 0.733. The first-order valence-electron chi connectivity index (χ1n) is 8.05. The molecule has 2 atom stereocenters. The van der Waals surface area contributed by atoms with E-state index in [1.807, 2.05) is 23.6 Å². The number of hydrogen-bond donors (Lipinski definition) is 1. The highest BCUT2D eigenvalue weighted by atomic mass is 32.2. The van der Waals surface area contributed by atoms with E-state index in [1.54, 1.807) is 11.3 Å². The summed E-state index contributed by atoms with van der Waals surface area (Å²) in [6.07, 6.45) is 3.36. The maximum Gasteiger partial charge on any atom is 0.239 e. The molecule has 3 rings (SSSR count). The number of aromatic nitrogens is 1. The van der Waals surface area contributed by atoms with Crippen LogP contribution in [0.2, 0.25) is 0 Å². The van der Waals surface area contributed by atoms with Crippen molar-refractivity contribution in [1.82, 2.24) is 9.88 Å². The van der Waals surface area contributed by atoms with Gasteiger partial charge in [0.2, 0.25) is 5.91 Å². The Labute approximate surface area is 146 Å². The van der Waals surface area contributed by atoms with Gasteiger partial charge >= 0.3 is 0 Å². The van der Waals surface area contributed by atoms with Gasteiger partial charge in [0.25, 0.3) is 0 Å². The molecule has 0 aliphatic carbocycles. The Hall–Kier alpha value is -0.600. The van der Waals surface area contributed by atoms with Crippen LogP contribution in [0, 0.1) is 17.6 Å². The monoisotopic (exact) mass is 373 g/mol. The number of amides is 1. The van der Waals surface area contributed by atoms with Crippen molar-refractivity contribution in [1.29, 1.82) is 4.78 Å². The third-order valence-electron chi connectivity index (χ3n) is 4.62. The van der Waals surface area contributed by atoms with Crippen molar-refractivity contribution in [3.63, 3.8) is 0 Å². The molecule has 0 bridgehead atoms. The highest BCUT2D eigenvalue weighted by Crippen LogP contribution is 2.30. The molecule has 2 unspecified atom stereocenters. The fourth-order valence-corrected chi connectivity index (χ4v) is 7.18. The second-order valence-electron chi connectivity index (χ2n) is 6.40. The maximum absolute atomic E-state index is 12.5. The summed E-state index contributed by atoms with van der Waals surface area (Å²) in [5.74, 6) is 2.01. The molecule has 0 aromatic carbocycles. The summed E-state index contributed by atoms with van der Waals surface area (Å²) < 4.78 is 21.1. The molecule has 2 aliphatic heterocycles. The average molecular weight is 374 g/mol. The van der Waals surface area contributed by atoms with Gasteiger partial charge in [0.15, 0.2) is 0 Å². The lowest BCUT2D eigenvalue weighted by Gasteiger charge is -2.33. The molecule has 1 aromatic heterocycles. The third-order valence-corrected chi connectivity index (χ3v) is 9.24. The van der Waals surface area contributed by atoms with Gasteiger partial charge in [-0.1, -0.05) is 11.8 Å². The molecule has 23 heavy (non-hydrogen) atoms. The molecule has 5 nitrogen and oxygen atoms in total. The van der Waals surface area contributed by atoms with E-state index >= 15 is 0 Å². The normalized spacial score (nSPS) is 29.1. The summed E-state index contributed by atoms with van der Waals surface area (Å²) >= 11 is 3.51. The summed E-state index contributed by atoms with van der Waals surface area (Å²) in [6.45, 7) is 3.50. The van der Waals surface area contributed by atoms with Crippen LogP contribution < -0.4 is 0 Å². The van der Waals surface area contributed by atoms with Crippen LogP contribution in [0.4, 0.5) is 0 Å². The summed E-state index contributed by atoms with van der Waals surface area (Å²) in [4.78, 5) is 18.8. The first-order chi connectivity index (χ1) is 11.0. The molecule has 1 N–H and O–H groups in total. The Morgan fingerprint density at radius 2 is 2.22 bits per heavy atom. The van der Waals surface area contributed by atoms with Gasteiger partial charge < -0.3 is 4.90 Å². The molecule has 8 heteroatoms. The lowest BCUT2D eigenvalue weighted by Crippen LogP contribution is -2.45. The van der Waals surface area contributed by atoms with Crippen LogP contribution in [0.3, 0.4) is 0 Å². The van der Waals surface area contributed by atoms with Gasteiger partial charge in [0.1, 0.15) is 9.59 Å². The van der Waals surface area contributed by atoms with Gasteiger partial charge in [-0.15, -0.1) is 11.3 Å². The van der Waals surface area contributed by atoms with Crippen LogP contribution in [0.25, 0.3) is 0 Å². The Morgan fingerprint density at radius 3 is 2.78 bits per heavy atom. The molecule has 3 heterocycles. The number of hydrogen-bond acceptors (Lipinski definition) is 6. The van der Waals surface area contributed by atoms with Crippen molar-refractivity contribution in [2.24, 2.45) is 5.92 Å².